The minimum Gasteiger partial charge on any atom is -0.339 e. The van der Waals surface area contributed by atoms with Crippen LogP contribution in [-0.2, 0) is 17.8 Å². The normalized spacial score (nSPS) is 18.4. The third-order valence-corrected chi connectivity index (χ3v) is 7.02. The Morgan fingerprint density at radius 3 is 2.32 bits per heavy atom. The molecule has 0 saturated carbocycles. The number of hydrogen-bond donors (Lipinski definition) is 3. The lowest BCUT2D eigenvalue weighted by Crippen LogP contribution is -2.52. The second kappa shape index (κ2) is 9.39. The van der Waals surface area contributed by atoms with E-state index in [9.17, 15) is 14.4 Å². The van der Waals surface area contributed by atoms with Crippen LogP contribution in [0.4, 0.5) is 11.8 Å². The van der Waals surface area contributed by atoms with Crippen LogP contribution in [0.5, 0.6) is 0 Å². The maximum absolute atomic E-state index is 13.6. The Hall–Kier alpha value is -4.72. The number of benzene rings is 3. The molecule has 0 saturated heterocycles. The van der Waals surface area contributed by atoms with Gasteiger partial charge in [-0.15, -0.1) is 0 Å². The van der Waals surface area contributed by atoms with Crippen LogP contribution in [0.15, 0.2) is 89.7 Å². The average molecular weight is 492 g/mol. The van der Waals surface area contributed by atoms with Crippen LogP contribution in [0.2, 0.25) is 0 Å². The van der Waals surface area contributed by atoms with Gasteiger partial charge in [0.15, 0.2) is 0 Å². The molecule has 3 N–H and O–H groups in total. The van der Waals surface area contributed by atoms with Gasteiger partial charge in [-0.3, -0.25) is 19.4 Å². The maximum atomic E-state index is 13.6. The monoisotopic (exact) mass is 491 g/mol. The van der Waals surface area contributed by atoms with Crippen LogP contribution < -0.4 is 21.1 Å². The van der Waals surface area contributed by atoms with Gasteiger partial charge in [-0.05, 0) is 35.2 Å². The molecule has 0 fully saturated rings. The van der Waals surface area contributed by atoms with Crippen LogP contribution in [0, 0.1) is 0 Å². The number of anilines is 2. The van der Waals surface area contributed by atoms with Crippen LogP contribution in [0.25, 0.3) is 0 Å². The molecule has 2 aliphatic heterocycles. The van der Waals surface area contributed by atoms with Crippen LogP contribution in [0.1, 0.15) is 38.5 Å². The highest BCUT2D eigenvalue weighted by molar-refractivity contribution is 6.03. The molecule has 3 heterocycles. The smallest absolute Gasteiger partial charge is 0.258 e. The highest BCUT2D eigenvalue weighted by Crippen LogP contribution is 2.35. The predicted molar refractivity (Wildman–Crippen MR) is 141 cm³/mol. The van der Waals surface area contributed by atoms with Crippen molar-refractivity contribution in [3.05, 3.63) is 123 Å². The molecule has 2 atom stereocenters. The van der Waals surface area contributed by atoms with Crippen LogP contribution >= 0.6 is 0 Å². The molecule has 6 rings (SSSR count). The lowest BCUT2D eigenvalue weighted by molar-refractivity contribution is -0.118. The Labute approximate surface area is 213 Å². The number of nitrogens with zero attached hydrogens (tertiary/aromatic N) is 2. The maximum Gasteiger partial charge on any atom is 0.258 e. The molecule has 0 bridgehead atoms. The third-order valence-electron chi connectivity index (χ3n) is 7.02. The fourth-order valence-electron chi connectivity index (χ4n) is 5.18. The molecule has 2 unspecified atom stereocenters. The van der Waals surface area contributed by atoms with E-state index in [4.69, 9.17) is 4.98 Å². The number of H-pyrrole nitrogens is 1. The Kier molecular flexibility index (Phi) is 5.76. The van der Waals surface area contributed by atoms with Gasteiger partial charge in [0.1, 0.15) is 11.9 Å². The summed E-state index contributed by atoms with van der Waals surface area (Å²) in [6.07, 6.45) is 0.837. The summed E-state index contributed by atoms with van der Waals surface area (Å²) in [5.74, 6) is -0.874. The molecule has 184 valence electrons. The van der Waals surface area contributed by atoms with Crippen molar-refractivity contribution >= 4 is 23.6 Å². The Morgan fingerprint density at radius 1 is 0.892 bits per heavy atom. The van der Waals surface area contributed by atoms with E-state index in [0.717, 1.165) is 12.0 Å². The Morgan fingerprint density at radius 2 is 1.57 bits per heavy atom. The number of carbonyl (C=O) groups excluding carboxylic acids is 2. The number of aromatic amines is 1. The predicted octanol–water partition coefficient (Wildman–Crippen LogP) is 3.22. The standard InChI is InChI=1S/C29H25N5O3/c35-26(20-12-5-2-6-13-20)30-24-22(19-10-3-1-4-11-19)23-25(31-28(24)37)32-29(33-27(23)36)34-16-15-18-9-7-8-14-21(18)17-34/h1-14,22,24H,15-17H2,(H,30,35)(H2,31,32,33,36,37). The largest absolute Gasteiger partial charge is 0.339 e. The minimum absolute atomic E-state index is 0.224. The Bertz CT molecular complexity index is 1530. The van der Waals surface area contributed by atoms with Crippen molar-refractivity contribution < 1.29 is 9.59 Å². The first-order valence-corrected chi connectivity index (χ1v) is 12.3. The summed E-state index contributed by atoms with van der Waals surface area (Å²) in [6, 6.07) is 25.2. The quantitative estimate of drug-likeness (QED) is 0.406. The molecule has 8 heteroatoms. The van der Waals surface area contributed by atoms with Gasteiger partial charge in [0, 0.05) is 24.6 Å². The molecule has 8 nitrogen and oxygen atoms in total. The molecule has 3 aromatic carbocycles. The molecule has 2 aliphatic rings. The Balaban J connectivity index is 1.39. The van der Waals surface area contributed by atoms with Crippen molar-refractivity contribution in [2.24, 2.45) is 0 Å². The van der Waals surface area contributed by atoms with Crippen molar-refractivity contribution in [1.82, 2.24) is 15.3 Å². The first kappa shape index (κ1) is 22.7. The molecule has 1 aromatic heterocycles. The number of hydrogen-bond acceptors (Lipinski definition) is 5. The molecule has 0 radical (unpaired) electrons. The van der Waals surface area contributed by atoms with E-state index < -0.39 is 23.8 Å². The van der Waals surface area contributed by atoms with Crippen molar-refractivity contribution in [2.45, 2.75) is 24.9 Å². The van der Waals surface area contributed by atoms with Crippen LogP contribution in [-0.4, -0.2) is 34.4 Å². The lowest BCUT2D eigenvalue weighted by atomic mass is 9.82. The fourth-order valence-corrected chi connectivity index (χ4v) is 5.18. The number of fused-ring (bicyclic) bond motifs is 2. The molecule has 0 aliphatic carbocycles. The van der Waals surface area contributed by atoms with Gasteiger partial charge in [-0.25, -0.2) is 0 Å². The topological polar surface area (TPSA) is 107 Å². The number of amides is 2. The zero-order chi connectivity index (χ0) is 25.4. The van der Waals surface area contributed by atoms with Crippen molar-refractivity contribution in [3.63, 3.8) is 0 Å². The molecular weight excluding hydrogens is 466 g/mol. The van der Waals surface area contributed by atoms with Gasteiger partial charge >= 0.3 is 0 Å². The molecular formula is C29H25N5O3. The first-order valence-electron chi connectivity index (χ1n) is 12.3. The van der Waals surface area contributed by atoms with E-state index >= 15 is 0 Å². The van der Waals surface area contributed by atoms with Gasteiger partial charge in [-0.2, -0.15) is 4.98 Å². The summed E-state index contributed by atoms with van der Waals surface area (Å²) in [6.45, 7) is 1.31. The van der Waals surface area contributed by atoms with E-state index in [0.29, 0.717) is 30.2 Å². The van der Waals surface area contributed by atoms with Gasteiger partial charge < -0.3 is 15.5 Å². The van der Waals surface area contributed by atoms with E-state index in [1.807, 2.05) is 53.4 Å². The highest BCUT2D eigenvalue weighted by atomic mass is 16.2. The molecule has 0 spiro atoms. The minimum atomic E-state index is -0.988. The lowest BCUT2D eigenvalue weighted by Gasteiger charge is -2.34. The second-order valence-corrected chi connectivity index (χ2v) is 9.29. The van der Waals surface area contributed by atoms with Crippen molar-refractivity contribution in [2.75, 3.05) is 16.8 Å². The van der Waals surface area contributed by atoms with Gasteiger partial charge in [-0.1, -0.05) is 72.8 Å². The first-order chi connectivity index (χ1) is 18.1. The summed E-state index contributed by atoms with van der Waals surface area (Å²) in [5, 5.41) is 5.64. The summed E-state index contributed by atoms with van der Waals surface area (Å²) >= 11 is 0. The molecule has 37 heavy (non-hydrogen) atoms. The van der Waals surface area contributed by atoms with Crippen molar-refractivity contribution in [1.29, 1.82) is 0 Å². The molecule has 2 amide bonds. The van der Waals surface area contributed by atoms with E-state index in [1.54, 1.807) is 24.3 Å². The van der Waals surface area contributed by atoms with E-state index in [-0.39, 0.29) is 11.4 Å². The zero-order valence-corrected chi connectivity index (χ0v) is 20.0. The van der Waals surface area contributed by atoms with Gasteiger partial charge in [0.05, 0.1) is 5.56 Å². The van der Waals surface area contributed by atoms with Gasteiger partial charge in [0.2, 0.25) is 11.9 Å². The molecule has 4 aromatic rings. The number of nitrogens with one attached hydrogen (secondary N) is 3. The number of aromatic nitrogens is 2. The SMILES string of the molecule is O=C(NC1C(=O)Nc2nc(N3CCc4ccccc4C3)[nH]c(=O)c2C1c1ccccc1)c1ccccc1. The summed E-state index contributed by atoms with van der Waals surface area (Å²) in [5.41, 5.74) is 3.62. The zero-order valence-electron chi connectivity index (χ0n) is 20.0. The summed E-state index contributed by atoms with van der Waals surface area (Å²) in [4.78, 5) is 49.6. The van der Waals surface area contributed by atoms with Crippen LogP contribution in [0.3, 0.4) is 0 Å². The van der Waals surface area contributed by atoms with E-state index in [2.05, 4.69) is 27.8 Å². The third kappa shape index (κ3) is 4.27. The fraction of sp³-hybridized carbons (Fsp3) is 0.172. The number of rotatable bonds is 4. The van der Waals surface area contributed by atoms with Crippen molar-refractivity contribution in [3.8, 4) is 0 Å². The van der Waals surface area contributed by atoms with Gasteiger partial charge in [0.25, 0.3) is 11.5 Å². The highest BCUT2D eigenvalue weighted by Gasteiger charge is 2.41. The summed E-state index contributed by atoms with van der Waals surface area (Å²) < 4.78 is 0. The number of carbonyl (C=O) groups is 2. The second-order valence-electron chi connectivity index (χ2n) is 9.29. The summed E-state index contributed by atoms with van der Waals surface area (Å²) in [7, 11) is 0. The average Bonchev–Trinajstić information content (AvgIpc) is 2.94. The van der Waals surface area contributed by atoms with E-state index in [1.165, 1.54) is 11.1 Å².